The predicted octanol–water partition coefficient (Wildman–Crippen LogP) is 3.52. The zero-order chi connectivity index (χ0) is 23.6. The molecule has 1 atom stereocenters. The number of benzene rings is 1. The van der Waals surface area contributed by atoms with Crippen LogP contribution in [0.15, 0.2) is 30.3 Å². The Morgan fingerprint density at radius 1 is 1.18 bits per heavy atom. The Bertz CT molecular complexity index is 1040. The van der Waals surface area contributed by atoms with Crippen molar-refractivity contribution in [3.05, 3.63) is 47.3 Å². The zero-order valence-electron chi connectivity index (χ0n) is 19.7. The molecule has 2 aliphatic rings. The molecule has 1 aromatic carbocycles. The first-order chi connectivity index (χ1) is 15.8. The van der Waals surface area contributed by atoms with Crippen LogP contribution in [0.4, 0.5) is 5.69 Å². The number of amides is 3. The highest BCUT2D eigenvalue weighted by Gasteiger charge is 2.48. The van der Waals surface area contributed by atoms with E-state index in [1.165, 1.54) is 10.7 Å². The fourth-order valence-corrected chi connectivity index (χ4v) is 4.66. The van der Waals surface area contributed by atoms with E-state index in [1.807, 2.05) is 38.1 Å². The summed E-state index contributed by atoms with van der Waals surface area (Å²) in [5.41, 5.74) is 1.20. The van der Waals surface area contributed by atoms with Crippen LogP contribution in [0.5, 0.6) is 0 Å². The highest BCUT2D eigenvalue weighted by atomic mass is 16.2. The second-order valence-electron chi connectivity index (χ2n) is 9.43. The second-order valence-corrected chi connectivity index (χ2v) is 9.43. The van der Waals surface area contributed by atoms with Crippen molar-refractivity contribution in [1.82, 2.24) is 20.0 Å². The van der Waals surface area contributed by atoms with Crippen molar-refractivity contribution in [2.75, 3.05) is 11.9 Å². The Labute approximate surface area is 194 Å². The van der Waals surface area contributed by atoms with Gasteiger partial charge in [0.25, 0.3) is 11.8 Å². The average molecular weight is 452 g/mol. The number of anilines is 1. The third-order valence-corrected chi connectivity index (χ3v) is 6.75. The number of fused-ring (bicyclic) bond motifs is 1. The normalized spacial score (nSPS) is 20.6. The molecule has 0 saturated heterocycles. The maximum absolute atomic E-state index is 13.5. The van der Waals surface area contributed by atoms with Gasteiger partial charge in [-0.3, -0.25) is 19.1 Å². The van der Waals surface area contributed by atoms with Crippen molar-refractivity contribution in [2.45, 2.75) is 77.4 Å². The number of unbranched alkanes of at least 4 members (excludes halogenated alkanes) is 1. The van der Waals surface area contributed by atoms with Gasteiger partial charge in [-0.1, -0.05) is 43.9 Å². The van der Waals surface area contributed by atoms with Crippen LogP contribution in [-0.4, -0.2) is 50.5 Å². The maximum atomic E-state index is 13.5. The minimum absolute atomic E-state index is 0.148. The SMILES string of the molecule is CCCCN1C(=O)c2cc(C(=O)Nc3ccc(C)cc3)nn2C[C@]1(C)C(=O)NC1CCCC1. The summed E-state index contributed by atoms with van der Waals surface area (Å²) < 4.78 is 1.52. The topological polar surface area (TPSA) is 96.3 Å². The van der Waals surface area contributed by atoms with E-state index in [1.54, 1.807) is 4.90 Å². The molecular weight excluding hydrogens is 418 g/mol. The molecule has 176 valence electrons. The third-order valence-electron chi connectivity index (χ3n) is 6.75. The van der Waals surface area contributed by atoms with Crippen molar-refractivity contribution >= 4 is 23.4 Å². The van der Waals surface area contributed by atoms with Gasteiger partial charge < -0.3 is 15.5 Å². The van der Waals surface area contributed by atoms with E-state index in [0.717, 1.165) is 44.1 Å². The Morgan fingerprint density at radius 2 is 1.88 bits per heavy atom. The number of aryl methyl sites for hydroxylation is 1. The van der Waals surface area contributed by atoms with E-state index in [9.17, 15) is 14.4 Å². The highest BCUT2D eigenvalue weighted by molar-refractivity contribution is 6.06. The first-order valence-electron chi connectivity index (χ1n) is 11.9. The van der Waals surface area contributed by atoms with Crippen LogP contribution in [0.2, 0.25) is 0 Å². The standard InChI is InChI=1S/C25H33N5O3/c1-4-5-14-29-23(32)21-15-20(22(31)26-19-12-10-17(2)11-13-19)28-30(21)16-25(29,3)24(33)27-18-8-6-7-9-18/h10-13,15,18H,4-9,14,16H2,1-3H3,(H,26,31)(H,27,33)/t25-/m1/s1. The number of carbonyl (C=O) groups is 3. The predicted molar refractivity (Wildman–Crippen MR) is 126 cm³/mol. The molecule has 1 aliphatic carbocycles. The molecule has 4 rings (SSSR count). The number of hydrogen-bond acceptors (Lipinski definition) is 4. The lowest BCUT2D eigenvalue weighted by Crippen LogP contribution is -2.65. The first kappa shape index (κ1) is 23.0. The summed E-state index contributed by atoms with van der Waals surface area (Å²) in [6.07, 6.45) is 5.88. The monoisotopic (exact) mass is 451 g/mol. The van der Waals surface area contributed by atoms with Gasteiger partial charge in [0, 0.05) is 24.3 Å². The second kappa shape index (κ2) is 9.37. The minimum atomic E-state index is -1.06. The van der Waals surface area contributed by atoms with Crippen molar-refractivity contribution in [3.8, 4) is 0 Å². The van der Waals surface area contributed by atoms with Crippen LogP contribution >= 0.6 is 0 Å². The summed E-state index contributed by atoms with van der Waals surface area (Å²) in [6, 6.07) is 9.16. The molecular formula is C25H33N5O3. The Kier molecular flexibility index (Phi) is 6.54. The molecule has 0 unspecified atom stereocenters. The van der Waals surface area contributed by atoms with Gasteiger partial charge in [0.1, 0.15) is 11.2 Å². The maximum Gasteiger partial charge on any atom is 0.276 e. The Morgan fingerprint density at radius 3 is 2.55 bits per heavy atom. The van der Waals surface area contributed by atoms with Crippen LogP contribution in [0.3, 0.4) is 0 Å². The molecule has 0 bridgehead atoms. The smallest absolute Gasteiger partial charge is 0.276 e. The fraction of sp³-hybridized carbons (Fsp3) is 0.520. The van der Waals surface area contributed by atoms with E-state index >= 15 is 0 Å². The van der Waals surface area contributed by atoms with Gasteiger partial charge in [-0.05, 0) is 45.2 Å². The van der Waals surface area contributed by atoms with Crippen LogP contribution < -0.4 is 10.6 Å². The number of nitrogens with one attached hydrogen (secondary N) is 2. The van der Waals surface area contributed by atoms with E-state index in [2.05, 4.69) is 22.7 Å². The molecule has 1 fully saturated rings. The number of aromatic nitrogens is 2. The Balaban J connectivity index is 1.59. The lowest BCUT2D eigenvalue weighted by atomic mass is 9.94. The highest BCUT2D eigenvalue weighted by Crippen LogP contribution is 2.29. The van der Waals surface area contributed by atoms with E-state index in [4.69, 9.17) is 0 Å². The van der Waals surface area contributed by atoms with Gasteiger partial charge in [-0.15, -0.1) is 0 Å². The number of carbonyl (C=O) groups excluding carboxylic acids is 3. The third kappa shape index (κ3) is 4.65. The lowest BCUT2D eigenvalue weighted by molar-refractivity contribution is -0.133. The summed E-state index contributed by atoms with van der Waals surface area (Å²) in [6.45, 7) is 6.54. The summed E-state index contributed by atoms with van der Waals surface area (Å²) >= 11 is 0. The number of hydrogen-bond donors (Lipinski definition) is 2. The molecule has 8 nitrogen and oxygen atoms in total. The number of rotatable bonds is 7. The number of nitrogens with zero attached hydrogens (tertiary/aromatic N) is 3. The van der Waals surface area contributed by atoms with Gasteiger partial charge in [0.15, 0.2) is 5.69 Å². The zero-order valence-corrected chi connectivity index (χ0v) is 19.7. The van der Waals surface area contributed by atoms with Crippen molar-refractivity contribution in [1.29, 1.82) is 0 Å². The summed E-state index contributed by atoms with van der Waals surface area (Å²) in [4.78, 5) is 41.3. The molecule has 2 heterocycles. The molecule has 3 amide bonds. The van der Waals surface area contributed by atoms with E-state index in [-0.39, 0.29) is 36.0 Å². The van der Waals surface area contributed by atoms with Crippen molar-refractivity contribution in [3.63, 3.8) is 0 Å². The summed E-state index contributed by atoms with van der Waals surface area (Å²) in [5.74, 6) is -0.794. The molecule has 8 heteroatoms. The largest absolute Gasteiger partial charge is 0.351 e. The van der Waals surface area contributed by atoms with Crippen LogP contribution in [0.25, 0.3) is 0 Å². The van der Waals surface area contributed by atoms with Gasteiger partial charge in [0.2, 0.25) is 5.91 Å². The van der Waals surface area contributed by atoms with Crippen LogP contribution in [-0.2, 0) is 11.3 Å². The quantitative estimate of drug-likeness (QED) is 0.673. The van der Waals surface area contributed by atoms with Crippen LogP contribution in [0.1, 0.15) is 78.9 Å². The lowest BCUT2D eigenvalue weighted by Gasteiger charge is -2.43. The molecule has 1 aromatic heterocycles. The minimum Gasteiger partial charge on any atom is -0.351 e. The fourth-order valence-electron chi connectivity index (χ4n) is 4.66. The van der Waals surface area contributed by atoms with Crippen molar-refractivity contribution < 1.29 is 14.4 Å². The molecule has 33 heavy (non-hydrogen) atoms. The van der Waals surface area contributed by atoms with Gasteiger partial charge in [0.05, 0.1) is 6.54 Å². The van der Waals surface area contributed by atoms with E-state index < -0.39 is 5.54 Å². The summed E-state index contributed by atoms with van der Waals surface area (Å²) in [7, 11) is 0. The van der Waals surface area contributed by atoms with Gasteiger partial charge in [-0.2, -0.15) is 5.10 Å². The van der Waals surface area contributed by atoms with Crippen LogP contribution in [0, 0.1) is 6.92 Å². The average Bonchev–Trinajstić information content (AvgIpc) is 3.45. The molecule has 1 saturated carbocycles. The Hall–Kier alpha value is -3.16. The molecule has 0 spiro atoms. The summed E-state index contributed by atoms with van der Waals surface area (Å²) in [5, 5.41) is 10.4. The van der Waals surface area contributed by atoms with Gasteiger partial charge in [-0.25, -0.2) is 0 Å². The molecule has 0 radical (unpaired) electrons. The van der Waals surface area contributed by atoms with Gasteiger partial charge >= 0.3 is 0 Å². The van der Waals surface area contributed by atoms with Crippen molar-refractivity contribution in [2.24, 2.45) is 0 Å². The first-order valence-corrected chi connectivity index (χ1v) is 11.9. The van der Waals surface area contributed by atoms with E-state index in [0.29, 0.717) is 17.9 Å². The molecule has 2 N–H and O–H groups in total. The molecule has 1 aliphatic heterocycles. The molecule has 2 aromatic rings.